The molecule has 1 aromatic carbocycles. The van der Waals surface area contributed by atoms with Gasteiger partial charge in [-0.1, -0.05) is 100 Å². The molecule has 0 radical (unpaired) electrons. The fourth-order valence-corrected chi connectivity index (χ4v) is 6.63. The standard InChI is InChI=1S/C38H58N4O4S/c1-5-6-7-8-9-10-11-12-13-14-15-16-17-18-22-25-35(43)45-31-46-38(44)42(33-23-20-19-21-24-33)37(41-28-26-40(4)27-29-41)34-30-32(2)47-36(34)39-3/h12-13,19-21,23-24,30H,5-11,14-18,22,25-29,31H2,1-4H3/b13-12-,37-34-,39-36?. The number of thioether (sulfide) groups is 1. The number of likely N-dealkylation sites (N-methyl/N-ethyl adjacent to an activating group) is 1. The summed E-state index contributed by atoms with van der Waals surface area (Å²) in [5, 5.41) is 0.858. The summed E-state index contributed by atoms with van der Waals surface area (Å²) in [4.78, 5) is 38.0. The molecule has 9 heteroatoms. The molecule has 1 saturated heterocycles. The molecule has 1 aromatic rings. The Morgan fingerprint density at radius 3 is 2.13 bits per heavy atom. The third-order valence-corrected chi connectivity index (χ3v) is 9.57. The van der Waals surface area contributed by atoms with Gasteiger partial charge in [0.05, 0.1) is 5.69 Å². The first-order chi connectivity index (χ1) is 22.9. The molecule has 0 aliphatic carbocycles. The number of piperazine rings is 1. The maximum atomic E-state index is 13.8. The van der Waals surface area contributed by atoms with E-state index in [4.69, 9.17) is 9.47 Å². The van der Waals surface area contributed by atoms with E-state index in [1.54, 1.807) is 23.7 Å². The lowest BCUT2D eigenvalue weighted by Gasteiger charge is -2.39. The molecule has 0 saturated carbocycles. The van der Waals surface area contributed by atoms with E-state index in [-0.39, 0.29) is 5.97 Å². The number of allylic oxidation sites excluding steroid dienone is 4. The highest BCUT2D eigenvalue weighted by molar-refractivity contribution is 8.18. The molecule has 0 unspecified atom stereocenters. The molecule has 0 bridgehead atoms. The highest BCUT2D eigenvalue weighted by Gasteiger charge is 2.33. The molecule has 2 heterocycles. The molecule has 1 amide bonds. The van der Waals surface area contributed by atoms with Gasteiger partial charge >= 0.3 is 12.1 Å². The van der Waals surface area contributed by atoms with Crippen LogP contribution in [0.2, 0.25) is 0 Å². The van der Waals surface area contributed by atoms with Crippen LogP contribution in [0.4, 0.5) is 10.5 Å². The van der Waals surface area contributed by atoms with Crippen molar-refractivity contribution in [3.8, 4) is 0 Å². The first-order valence-corrected chi connectivity index (χ1v) is 18.6. The zero-order chi connectivity index (χ0) is 33.7. The Hall–Kier alpha value is -3.04. The molecule has 0 N–H and O–H groups in total. The largest absolute Gasteiger partial charge is 0.428 e. The van der Waals surface area contributed by atoms with E-state index in [2.05, 4.69) is 47.0 Å². The zero-order valence-electron chi connectivity index (χ0n) is 29.4. The summed E-state index contributed by atoms with van der Waals surface area (Å²) in [6.07, 6.45) is 22.1. The molecule has 0 aromatic heterocycles. The first-order valence-electron chi connectivity index (χ1n) is 17.8. The Morgan fingerprint density at radius 1 is 0.872 bits per heavy atom. The molecule has 0 spiro atoms. The lowest BCUT2D eigenvalue weighted by molar-refractivity contribution is -0.151. The Kier molecular flexibility index (Phi) is 18.4. The highest BCUT2D eigenvalue weighted by Crippen LogP contribution is 2.37. The molecule has 2 aliphatic rings. The van der Waals surface area contributed by atoms with Gasteiger partial charge in [0, 0.05) is 45.2 Å². The van der Waals surface area contributed by atoms with Gasteiger partial charge in [-0.05, 0) is 69.2 Å². The van der Waals surface area contributed by atoms with Crippen LogP contribution in [0.1, 0.15) is 104 Å². The van der Waals surface area contributed by atoms with Crippen LogP contribution >= 0.6 is 11.8 Å². The smallest absolute Gasteiger partial charge is 0.423 e. The lowest BCUT2D eigenvalue weighted by atomic mass is 10.1. The van der Waals surface area contributed by atoms with Crippen LogP contribution in [0.3, 0.4) is 0 Å². The van der Waals surface area contributed by atoms with E-state index in [0.717, 1.165) is 73.2 Å². The van der Waals surface area contributed by atoms with Crippen molar-refractivity contribution in [3.63, 3.8) is 0 Å². The van der Waals surface area contributed by atoms with Crippen molar-refractivity contribution in [1.29, 1.82) is 0 Å². The van der Waals surface area contributed by atoms with Crippen LogP contribution in [0.15, 0.2) is 69.9 Å². The number of carbonyl (C=O) groups is 2. The Morgan fingerprint density at radius 2 is 1.49 bits per heavy atom. The van der Waals surface area contributed by atoms with Gasteiger partial charge in [0.25, 0.3) is 0 Å². The van der Waals surface area contributed by atoms with Gasteiger partial charge in [0.1, 0.15) is 10.9 Å². The fourth-order valence-electron chi connectivity index (χ4n) is 5.79. The SMILES string of the molecule is CCCCCCCC/C=C\CCCCCCCC(=O)OCOC(=O)N(/C(=C1/C=C(C)SC1=NC)N1CCN(C)CC1)c1ccccc1. The molecule has 1 fully saturated rings. The average molecular weight is 667 g/mol. The van der Waals surface area contributed by atoms with Crippen molar-refractivity contribution in [3.05, 3.63) is 64.9 Å². The van der Waals surface area contributed by atoms with E-state index in [1.807, 2.05) is 37.3 Å². The highest BCUT2D eigenvalue weighted by atomic mass is 32.2. The number of aliphatic imine (C=N–C) groups is 1. The number of para-hydroxylation sites is 1. The van der Waals surface area contributed by atoms with Crippen LogP contribution in [-0.2, 0) is 14.3 Å². The minimum Gasteiger partial charge on any atom is -0.428 e. The number of carbonyl (C=O) groups excluding carboxylic acids is 2. The molecule has 3 rings (SSSR count). The monoisotopic (exact) mass is 666 g/mol. The number of amides is 1. The molecule has 260 valence electrons. The summed E-state index contributed by atoms with van der Waals surface area (Å²) in [6, 6.07) is 9.49. The van der Waals surface area contributed by atoms with Gasteiger partial charge in [-0.2, -0.15) is 0 Å². The van der Waals surface area contributed by atoms with Gasteiger partial charge in [-0.25, -0.2) is 9.69 Å². The Labute approximate surface area is 288 Å². The molecular formula is C38H58N4O4S. The first kappa shape index (κ1) is 38.4. The second kappa shape index (κ2) is 22.5. The number of hydrogen-bond acceptors (Lipinski definition) is 8. The summed E-state index contributed by atoms with van der Waals surface area (Å²) in [5.74, 6) is 0.393. The summed E-state index contributed by atoms with van der Waals surface area (Å²) < 4.78 is 11.0. The van der Waals surface area contributed by atoms with Gasteiger partial charge in [-0.15, -0.1) is 0 Å². The van der Waals surface area contributed by atoms with Crippen LogP contribution < -0.4 is 4.90 Å². The average Bonchev–Trinajstić information content (AvgIpc) is 3.46. The van der Waals surface area contributed by atoms with Crippen LogP contribution in [0.5, 0.6) is 0 Å². The number of nitrogens with zero attached hydrogens (tertiary/aromatic N) is 4. The van der Waals surface area contributed by atoms with E-state index >= 15 is 0 Å². The molecule has 0 atom stereocenters. The Bertz CT molecular complexity index is 1210. The van der Waals surface area contributed by atoms with Gasteiger partial charge in [-0.3, -0.25) is 9.79 Å². The van der Waals surface area contributed by atoms with Crippen molar-refractivity contribution in [2.45, 2.75) is 104 Å². The normalized spacial score (nSPS) is 17.3. The van der Waals surface area contributed by atoms with Crippen LogP contribution in [0, 0.1) is 0 Å². The predicted octanol–water partition coefficient (Wildman–Crippen LogP) is 9.31. The van der Waals surface area contributed by atoms with Crippen molar-refractivity contribution in [2.24, 2.45) is 4.99 Å². The van der Waals surface area contributed by atoms with Gasteiger partial charge in [0.2, 0.25) is 6.79 Å². The fraction of sp³-hybridized carbons (Fsp3) is 0.605. The number of benzene rings is 1. The third-order valence-electron chi connectivity index (χ3n) is 8.54. The number of anilines is 1. The number of unbranched alkanes of at least 4 members (excludes halogenated alkanes) is 11. The van der Waals surface area contributed by atoms with Crippen molar-refractivity contribution in [1.82, 2.24) is 9.80 Å². The predicted molar refractivity (Wildman–Crippen MR) is 197 cm³/mol. The molecule has 8 nitrogen and oxygen atoms in total. The summed E-state index contributed by atoms with van der Waals surface area (Å²) in [6.45, 7) is 7.14. The molecular weight excluding hydrogens is 609 g/mol. The second-order valence-corrected chi connectivity index (χ2v) is 13.7. The topological polar surface area (TPSA) is 74.7 Å². The lowest BCUT2D eigenvalue weighted by Crippen LogP contribution is -2.49. The number of ether oxygens (including phenoxy) is 2. The zero-order valence-corrected chi connectivity index (χ0v) is 30.2. The maximum absolute atomic E-state index is 13.8. The Balaban J connectivity index is 1.45. The number of hydrogen-bond donors (Lipinski definition) is 0. The van der Waals surface area contributed by atoms with E-state index in [9.17, 15) is 9.59 Å². The summed E-state index contributed by atoms with van der Waals surface area (Å²) in [5.41, 5.74) is 1.57. The number of esters is 1. The number of rotatable bonds is 20. The van der Waals surface area contributed by atoms with Crippen molar-refractivity contribution >= 4 is 34.6 Å². The second-order valence-electron chi connectivity index (χ2n) is 12.5. The van der Waals surface area contributed by atoms with Gasteiger partial charge in [0.15, 0.2) is 0 Å². The summed E-state index contributed by atoms with van der Waals surface area (Å²) in [7, 11) is 3.88. The maximum Gasteiger partial charge on any atom is 0.423 e. The van der Waals surface area contributed by atoms with E-state index in [1.165, 1.54) is 57.8 Å². The van der Waals surface area contributed by atoms with Crippen molar-refractivity contribution < 1.29 is 19.1 Å². The van der Waals surface area contributed by atoms with Gasteiger partial charge < -0.3 is 19.3 Å². The minimum absolute atomic E-state index is 0.326. The van der Waals surface area contributed by atoms with Crippen LogP contribution in [-0.4, -0.2) is 74.0 Å². The van der Waals surface area contributed by atoms with E-state index in [0.29, 0.717) is 12.1 Å². The molecule has 2 aliphatic heterocycles. The third kappa shape index (κ3) is 13.9. The van der Waals surface area contributed by atoms with Crippen LogP contribution in [0.25, 0.3) is 0 Å². The summed E-state index contributed by atoms with van der Waals surface area (Å²) >= 11 is 1.60. The molecule has 47 heavy (non-hydrogen) atoms. The quantitative estimate of drug-likeness (QED) is 0.0594. The van der Waals surface area contributed by atoms with Crippen molar-refractivity contribution in [2.75, 3.05) is 52.0 Å². The van der Waals surface area contributed by atoms with E-state index < -0.39 is 12.9 Å². The minimum atomic E-state index is -0.593.